The van der Waals surface area contributed by atoms with Gasteiger partial charge in [-0.3, -0.25) is 9.10 Å². The van der Waals surface area contributed by atoms with Gasteiger partial charge in [-0.2, -0.15) is 11.3 Å². The van der Waals surface area contributed by atoms with Gasteiger partial charge in [0.05, 0.1) is 16.6 Å². The highest BCUT2D eigenvalue weighted by Crippen LogP contribution is 2.41. The Bertz CT molecular complexity index is 1220. The summed E-state index contributed by atoms with van der Waals surface area (Å²) in [6, 6.07) is 15.1. The van der Waals surface area contributed by atoms with E-state index in [1.165, 1.54) is 4.31 Å². The number of carbonyl (C=O) groups is 1. The number of carboxylic acid groups (broad SMARTS) is 1. The molecule has 2 heterocycles. The molecule has 0 aliphatic carbocycles. The molecule has 4 rings (SSSR count). The highest BCUT2D eigenvalue weighted by Gasteiger charge is 2.34. The second-order valence-electron chi connectivity index (χ2n) is 8.24. The number of nitrogens with one attached hydrogen (secondary N) is 1. The van der Waals surface area contributed by atoms with Gasteiger partial charge in [0, 0.05) is 13.5 Å². The Kier molecular flexibility index (Phi) is 7.17. The number of anilines is 1. The van der Waals surface area contributed by atoms with Crippen molar-refractivity contribution in [2.75, 3.05) is 17.9 Å². The number of nitrogens with zero attached hydrogens (tertiary/aromatic N) is 1. The van der Waals surface area contributed by atoms with Crippen molar-refractivity contribution in [3.63, 3.8) is 0 Å². The zero-order valence-electron chi connectivity index (χ0n) is 18.5. The zero-order chi connectivity index (χ0) is 23.4. The molecule has 6 nitrogen and oxygen atoms in total. The van der Waals surface area contributed by atoms with Gasteiger partial charge in [0.25, 0.3) is 10.0 Å². The molecule has 0 fully saturated rings. The van der Waals surface area contributed by atoms with Crippen LogP contribution in [0.4, 0.5) is 5.69 Å². The zero-order valence-corrected chi connectivity index (χ0v) is 20.2. The first kappa shape index (κ1) is 23.5. The van der Waals surface area contributed by atoms with Gasteiger partial charge in [0.2, 0.25) is 0 Å². The van der Waals surface area contributed by atoms with Crippen LogP contribution in [0.3, 0.4) is 0 Å². The van der Waals surface area contributed by atoms with Gasteiger partial charge in [0.1, 0.15) is 0 Å². The van der Waals surface area contributed by atoms with E-state index < -0.39 is 16.0 Å². The molecule has 1 atom stereocenters. The van der Waals surface area contributed by atoms with Crippen LogP contribution in [0, 0.1) is 0 Å². The van der Waals surface area contributed by atoms with Crippen LogP contribution in [0.25, 0.3) is 11.1 Å². The third kappa shape index (κ3) is 4.98. The van der Waals surface area contributed by atoms with E-state index >= 15 is 0 Å². The molecule has 0 saturated heterocycles. The van der Waals surface area contributed by atoms with Crippen molar-refractivity contribution in [2.24, 2.45) is 0 Å². The van der Waals surface area contributed by atoms with E-state index in [1.54, 1.807) is 24.5 Å². The van der Waals surface area contributed by atoms with Crippen molar-refractivity contribution in [2.45, 2.75) is 43.0 Å². The number of unbranched alkanes of at least 4 members (excludes halogenated alkanes) is 3. The summed E-state index contributed by atoms with van der Waals surface area (Å²) in [6.07, 6.45) is 3.57. The molecule has 1 aliphatic rings. The Balaban J connectivity index is 1.65. The normalized spacial score (nSPS) is 16.6. The Morgan fingerprint density at radius 3 is 2.58 bits per heavy atom. The van der Waals surface area contributed by atoms with Gasteiger partial charge in [-0.25, -0.2) is 8.42 Å². The smallest absolute Gasteiger partial charge is 0.303 e. The Hall–Kier alpha value is -2.68. The molecular formula is C25H28N2O4S2. The first-order chi connectivity index (χ1) is 15.9. The molecule has 2 aromatic carbocycles. The quantitative estimate of drug-likeness (QED) is 0.404. The Morgan fingerprint density at radius 2 is 1.82 bits per heavy atom. The lowest BCUT2D eigenvalue weighted by atomic mass is 9.95. The minimum atomic E-state index is -3.73. The number of fused-ring (bicyclic) bond motifs is 2. The molecule has 0 saturated carbocycles. The van der Waals surface area contributed by atoms with E-state index in [-0.39, 0.29) is 12.5 Å². The molecule has 1 aliphatic heterocycles. The molecule has 3 aromatic rings. The highest BCUT2D eigenvalue weighted by molar-refractivity contribution is 7.92. The van der Waals surface area contributed by atoms with E-state index in [2.05, 4.69) is 5.32 Å². The molecule has 1 aromatic heterocycles. The third-order valence-electron chi connectivity index (χ3n) is 6.07. The molecule has 0 spiro atoms. The van der Waals surface area contributed by atoms with E-state index in [0.29, 0.717) is 23.5 Å². The molecule has 33 heavy (non-hydrogen) atoms. The summed E-state index contributed by atoms with van der Waals surface area (Å²) in [5.74, 6) is -0.757. The number of hydrogen-bond donors (Lipinski definition) is 2. The minimum Gasteiger partial charge on any atom is -0.481 e. The summed E-state index contributed by atoms with van der Waals surface area (Å²) in [4.78, 5) is 11.0. The predicted molar refractivity (Wildman–Crippen MR) is 132 cm³/mol. The lowest BCUT2D eigenvalue weighted by Crippen LogP contribution is -2.26. The molecule has 174 valence electrons. The average molecular weight is 485 g/mol. The maximum atomic E-state index is 13.6. The number of benzene rings is 2. The number of aliphatic carboxylic acids is 1. The van der Waals surface area contributed by atoms with Crippen molar-refractivity contribution in [3.8, 4) is 11.1 Å². The monoisotopic (exact) mass is 484 g/mol. The summed E-state index contributed by atoms with van der Waals surface area (Å²) < 4.78 is 28.6. The lowest BCUT2D eigenvalue weighted by Gasteiger charge is -2.22. The van der Waals surface area contributed by atoms with Crippen LogP contribution in [0.15, 0.2) is 64.2 Å². The summed E-state index contributed by atoms with van der Waals surface area (Å²) in [5, 5.41) is 16.4. The summed E-state index contributed by atoms with van der Waals surface area (Å²) in [5.41, 5.74) is 4.24. The number of carboxylic acids is 1. The van der Waals surface area contributed by atoms with Crippen LogP contribution < -0.4 is 9.62 Å². The maximum absolute atomic E-state index is 13.6. The van der Waals surface area contributed by atoms with Crippen molar-refractivity contribution < 1.29 is 18.3 Å². The first-order valence-corrected chi connectivity index (χ1v) is 13.5. The largest absolute Gasteiger partial charge is 0.481 e. The fourth-order valence-electron chi connectivity index (χ4n) is 4.29. The number of sulfonamides is 1. The number of hydrogen-bond acceptors (Lipinski definition) is 5. The SMILES string of the molecule is CN1c2ccccc2C(NCCCCCCC(=O)O)c2ccc(-c3ccsc3)cc2S1(=O)=O. The van der Waals surface area contributed by atoms with Gasteiger partial charge >= 0.3 is 5.97 Å². The topological polar surface area (TPSA) is 86.7 Å². The standard InChI is InChI=1S/C25H28N2O4S2/c1-27-22-9-6-5-8-20(22)25(26-14-7-3-2-4-10-24(28)29)21-12-11-18(19-13-15-32-17-19)16-23(21)33(27,30)31/h5-6,8-9,11-13,15-17,25-26H,2-4,7,10,14H2,1H3,(H,28,29). The van der Waals surface area contributed by atoms with Crippen molar-refractivity contribution in [3.05, 3.63) is 70.4 Å². The van der Waals surface area contributed by atoms with Gasteiger partial charge < -0.3 is 10.4 Å². The Labute approximate surface area is 198 Å². The van der Waals surface area contributed by atoms with Gasteiger partial charge in [-0.05, 0) is 70.6 Å². The molecule has 0 bridgehead atoms. The number of para-hydroxylation sites is 1. The van der Waals surface area contributed by atoms with Gasteiger partial charge in [-0.15, -0.1) is 0 Å². The molecular weight excluding hydrogens is 456 g/mol. The lowest BCUT2D eigenvalue weighted by molar-refractivity contribution is -0.137. The molecule has 0 radical (unpaired) electrons. The highest BCUT2D eigenvalue weighted by atomic mass is 32.2. The van der Waals surface area contributed by atoms with E-state index in [0.717, 1.165) is 41.5 Å². The van der Waals surface area contributed by atoms with Crippen LogP contribution in [-0.4, -0.2) is 33.1 Å². The van der Waals surface area contributed by atoms with Crippen LogP contribution in [0.1, 0.15) is 49.3 Å². The summed E-state index contributed by atoms with van der Waals surface area (Å²) >= 11 is 1.58. The predicted octanol–water partition coefficient (Wildman–Crippen LogP) is 5.27. The van der Waals surface area contributed by atoms with Crippen molar-refractivity contribution in [1.82, 2.24) is 5.32 Å². The molecule has 8 heteroatoms. The number of rotatable bonds is 9. The fraction of sp³-hybridized carbons (Fsp3) is 0.320. The Morgan fingerprint density at radius 1 is 1.03 bits per heavy atom. The van der Waals surface area contributed by atoms with Crippen LogP contribution in [-0.2, 0) is 14.8 Å². The van der Waals surface area contributed by atoms with Crippen LogP contribution >= 0.6 is 11.3 Å². The maximum Gasteiger partial charge on any atom is 0.303 e. The molecule has 1 unspecified atom stereocenters. The summed E-state index contributed by atoms with van der Waals surface area (Å²) in [7, 11) is -2.12. The second-order valence-corrected chi connectivity index (χ2v) is 11.0. The van der Waals surface area contributed by atoms with E-state index in [1.807, 2.05) is 53.2 Å². The third-order valence-corrected chi connectivity index (χ3v) is 8.58. The summed E-state index contributed by atoms with van der Waals surface area (Å²) in [6.45, 7) is 0.710. The second kappa shape index (κ2) is 10.1. The fourth-order valence-corrected chi connectivity index (χ4v) is 6.43. The van der Waals surface area contributed by atoms with E-state index in [9.17, 15) is 13.2 Å². The van der Waals surface area contributed by atoms with Gasteiger partial charge in [0.15, 0.2) is 0 Å². The van der Waals surface area contributed by atoms with Crippen molar-refractivity contribution in [1.29, 1.82) is 0 Å². The average Bonchev–Trinajstić information content (AvgIpc) is 3.33. The van der Waals surface area contributed by atoms with E-state index in [4.69, 9.17) is 5.11 Å². The van der Waals surface area contributed by atoms with Crippen molar-refractivity contribution >= 4 is 33.0 Å². The van der Waals surface area contributed by atoms with Crippen LogP contribution in [0.5, 0.6) is 0 Å². The molecule has 2 N–H and O–H groups in total. The molecule has 0 amide bonds. The van der Waals surface area contributed by atoms with Crippen LogP contribution in [0.2, 0.25) is 0 Å². The number of thiophene rings is 1. The minimum absolute atomic E-state index is 0.202. The first-order valence-electron chi connectivity index (χ1n) is 11.1. The van der Waals surface area contributed by atoms with Gasteiger partial charge in [-0.1, -0.05) is 43.2 Å².